The second kappa shape index (κ2) is 9.22. The van der Waals surface area contributed by atoms with E-state index in [1.165, 1.54) is 6.08 Å². The van der Waals surface area contributed by atoms with Crippen LogP contribution < -0.4 is 0 Å². The average molecular weight is 437 g/mol. The Morgan fingerprint density at radius 1 is 1.13 bits per heavy atom. The summed E-state index contributed by atoms with van der Waals surface area (Å²) in [5.74, 6) is -7.92. The van der Waals surface area contributed by atoms with E-state index in [1.807, 2.05) is 5.92 Å². The van der Waals surface area contributed by atoms with E-state index in [1.54, 1.807) is 20.8 Å². The Labute approximate surface area is 176 Å². The second-order valence-corrected chi connectivity index (χ2v) is 7.41. The predicted molar refractivity (Wildman–Crippen MR) is 101 cm³/mol. The fourth-order valence-corrected chi connectivity index (χ4v) is 3.30. The number of halogens is 4. The zero-order valence-electron chi connectivity index (χ0n) is 17.0. The molecule has 164 valence electrons. The van der Waals surface area contributed by atoms with E-state index in [2.05, 4.69) is 4.85 Å². The van der Waals surface area contributed by atoms with Gasteiger partial charge in [0, 0.05) is 12.0 Å². The zero-order valence-corrected chi connectivity index (χ0v) is 17.0. The second-order valence-electron chi connectivity index (χ2n) is 7.41. The molecule has 1 aliphatic carbocycles. The first-order chi connectivity index (χ1) is 14.5. The number of benzene rings is 1. The van der Waals surface area contributed by atoms with Gasteiger partial charge in [-0.15, -0.1) is 12.3 Å². The molecule has 0 N–H and O–H groups in total. The topological polar surface area (TPSA) is 57.0 Å². The summed E-state index contributed by atoms with van der Waals surface area (Å²) in [4.78, 5) is 27.3. The van der Waals surface area contributed by atoms with Gasteiger partial charge in [0.25, 0.3) is 5.70 Å². The summed E-state index contributed by atoms with van der Waals surface area (Å²) in [5.41, 5.74) is -3.03. The van der Waals surface area contributed by atoms with Crippen LogP contribution in [0.4, 0.5) is 17.6 Å². The van der Waals surface area contributed by atoms with Gasteiger partial charge >= 0.3 is 11.9 Å². The molecule has 0 amide bonds. The quantitative estimate of drug-likeness (QED) is 0.161. The molecule has 2 atom stereocenters. The van der Waals surface area contributed by atoms with Gasteiger partial charge in [-0.1, -0.05) is 19.9 Å². The summed E-state index contributed by atoms with van der Waals surface area (Å²) in [5, 5.41) is 0. The molecule has 1 fully saturated rings. The van der Waals surface area contributed by atoms with Crippen molar-refractivity contribution < 1.29 is 36.6 Å². The van der Waals surface area contributed by atoms with Gasteiger partial charge in [0.05, 0.1) is 24.7 Å². The van der Waals surface area contributed by atoms with Crippen molar-refractivity contribution in [1.29, 1.82) is 0 Å². The fourth-order valence-electron chi connectivity index (χ4n) is 3.30. The first-order valence-corrected chi connectivity index (χ1v) is 9.22. The number of nitrogens with zero attached hydrogens (tertiary/aromatic N) is 1. The standard InChI is InChI=1S/C22H19F4NO4/c1-6-8-11-16(23)18(25)12(19(26)17(11)24)10-31-21(29)15-13(22(15,3)4)9-14(27-5)20(28)30-7-2/h1,9,13,15H,7-8,10H2,2-4H3. The molecule has 0 heterocycles. The molecule has 1 aliphatic rings. The lowest BCUT2D eigenvalue weighted by Crippen LogP contribution is -2.14. The Morgan fingerprint density at radius 3 is 2.16 bits per heavy atom. The predicted octanol–water partition coefficient (Wildman–Crippen LogP) is 4.10. The number of ether oxygens (including phenoxy) is 2. The molecule has 9 heteroatoms. The molecule has 5 nitrogen and oxygen atoms in total. The number of carbonyl (C=O) groups is 2. The van der Waals surface area contributed by atoms with E-state index in [-0.39, 0.29) is 12.3 Å². The summed E-state index contributed by atoms with van der Waals surface area (Å²) in [7, 11) is 0. The molecule has 0 aliphatic heterocycles. The first kappa shape index (κ1) is 23.9. The van der Waals surface area contributed by atoms with Crippen LogP contribution in [-0.4, -0.2) is 18.5 Å². The third kappa shape index (κ3) is 4.56. The van der Waals surface area contributed by atoms with Gasteiger partial charge in [-0.05, 0) is 18.3 Å². The molecule has 0 saturated heterocycles. The molecular weight excluding hydrogens is 418 g/mol. The first-order valence-electron chi connectivity index (χ1n) is 9.22. The number of rotatable bonds is 7. The van der Waals surface area contributed by atoms with Crippen molar-refractivity contribution in [3.8, 4) is 12.3 Å². The Kier molecular flexibility index (Phi) is 7.12. The summed E-state index contributed by atoms with van der Waals surface area (Å²) < 4.78 is 66.0. The Bertz CT molecular complexity index is 1000. The van der Waals surface area contributed by atoms with Crippen LogP contribution in [0.1, 0.15) is 31.9 Å². The Balaban J connectivity index is 2.20. The fraction of sp³-hybridized carbons (Fsp3) is 0.409. The molecule has 1 aromatic carbocycles. The highest BCUT2D eigenvalue weighted by Crippen LogP contribution is 2.60. The Morgan fingerprint density at radius 2 is 1.68 bits per heavy atom. The SMILES string of the molecule is [C-]#[N+]C(=CC1C(C(=O)OCc2c(F)c(F)c(CC#C)c(F)c2F)C1(C)C)C(=O)OCC. The van der Waals surface area contributed by atoms with Crippen molar-refractivity contribution >= 4 is 11.9 Å². The lowest BCUT2D eigenvalue weighted by molar-refractivity contribution is -0.147. The summed E-state index contributed by atoms with van der Waals surface area (Å²) in [6.45, 7) is 11.0. The van der Waals surface area contributed by atoms with E-state index >= 15 is 0 Å². The van der Waals surface area contributed by atoms with Gasteiger partial charge in [-0.3, -0.25) is 9.59 Å². The van der Waals surface area contributed by atoms with Crippen molar-refractivity contribution in [3.63, 3.8) is 0 Å². The van der Waals surface area contributed by atoms with Gasteiger partial charge in [0.15, 0.2) is 23.3 Å². The molecule has 0 aromatic heterocycles. The summed E-state index contributed by atoms with van der Waals surface area (Å²) >= 11 is 0. The van der Waals surface area contributed by atoms with Crippen molar-refractivity contribution in [3.05, 3.63) is 57.6 Å². The van der Waals surface area contributed by atoms with Crippen molar-refractivity contribution in [2.45, 2.75) is 33.8 Å². The molecule has 0 bridgehead atoms. The van der Waals surface area contributed by atoms with Crippen LogP contribution in [0.5, 0.6) is 0 Å². The van der Waals surface area contributed by atoms with E-state index in [4.69, 9.17) is 22.5 Å². The number of esters is 2. The van der Waals surface area contributed by atoms with Crippen LogP contribution in [0.15, 0.2) is 11.8 Å². The van der Waals surface area contributed by atoms with E-state index < -0.39 is 76.6 Å². The van der Waals surface area contributed by atoms with Gasteiger partial charge in [-0.25, -0.2) is 22.4 Å². The molecule has 2 rings (SSSR count). The molecule has 1 aromatic rings. The summed E-state index contributed by atoms with van der Waals surface area (Å²) in [6.07, 6.45) is 5.57. The van der Waals surface area contributed by atoms with Gasteiger partial charge < -0.3 is 9.47 Å². The largest absolute Gasteiger partial charge is 0.471 e. The average Bonchev–Trinajstić information content (AvgIpc) is 3.27. The molecule has 2 unspecified atom stereocenters. The molecule has 0 spiro atoms. The van der Waals surface area contributed by atoms with Crippen LogP contribution in [0, 0.1) is 59.4 Å². The van der Waals surface area contributed by atoms with Crippen molar-refractivity contribution in [2.24, 2.45) is 17.3 Å². The number of allylic oxidation sites excluding steroid dienone is 1. The van der Waals surface area contributed by atoms with Crippen LogP contribution >= 0.6 is 0 Å². The molecule has 31 heavy (non-hydrogen) atoms. The molecular formula is C22H19F4NO4. The lowest BCUT2D eigenvalue weighted by Gasteiger charge is -2.11. The number of hydrogen-bond acceptors (Lipinski definition) is 4. The highest BCUT2D eigenvalue weighted by molar-refractivity contribution is 5.91. The summed E-state index contributed by atoms with van der Waals surface area (Å²) in [6, 6.07) is 0. The maximum absolute atomic E-state index is 14.2. The van der Waals surface area contributed by atoms with E-state index in [0.717, 1.165) is 0 Å². The van der Waals surface area contributed by atoms with Gasteiger partial charge in [0.1, 0.15) is 6.61 Å². The number of terminal acetylenes is 1. The minimum absolute atomic E-state index is 0.0651. The maximum atomic E-state index is 14.2. The zero-order chi connectivity index (χ0) is 23.5. The smallest absolute Gasteiger partial charge is 0.335 e. The number of carbonyl (C=O) groups excluding carboxylic acids is 2. The Hall–Kier alpha value is -3.33. The minimum atomic E-state index is -1.69. The monoisotopic (exact) mass is 437 g/mol. The highest BCUT2D eigenvalue weighted by atomic mass is 19.2. The van der Waals surface area contributed by atoms with Gasteiger partial charge in [0.2, 0.25) is 0 Å². The van der Waals surface area contributed by atoms with Crippen molar-refractivity contribution in [2.75, 3.05) is 6.61 Å². The van der Waals surface area contributed by atoms with Crippen LogP contribution in [0.2, 0.25) is 0 Å². The van der Waals surface area contributed by atoms with E-state index in [0.29, 0.717) is 0 Å². The van der Waals surface area contributed by atoms with Crippen molar-refractivity contribution in [1.82, 2.24) is 0 Å². The third-order valence-corrected chi connectivity index (χ3v) is 5.19. The highest BCUT2D eigenvalue weighted by Gasteiger charge is 2.61. The van der Waals surface area contributed by atoms with Crippen LogP contribution in [-0.2, 0) is 32.1 Å². The molecule has 0 radical (unpaired) electrons. The van der Waals surface area contributed by atoms with Crippen LogP contribution in [0.25, 0.3) is 4.85 Å². The third-order valence-electron chi connectivity index (χ3n) is 5.19. The van der Waals surface area contributed by atoms with E-state index in [9.17, 15) is 27.2 Å². The van der Waals surface area contributed by atoms with Gasteiger partial charge in [-0.2, -0.15) is 0 Å². The van der Waals surface area contributed by atoms with Crippen LogP contribution in [0.3, 0.4) is 0 Å². The lowest BCUT2D eigenvalue weighted by atomic mass is 10.1. The number of hydrogen-bond donors (Lipinski definition) is 0. The minimum Gasteiger partial charge on any atom is -0.471 e. The molecule has 1 saturated carbocycles. The normalized spacial score (nSPS) is 19.2. The maximum Gasteiger partial charge on any atom is 0.335 e.